The summed E-state index contributed by atoms with van der Waals surface area (Å²) >= 11 is 1.62. The molecule has 0 saturated heterocycles. The largest absolute Gasteiger partial charge is 0.475 e. The molecule has 13 heavy (non-hydrogen) atoms. The molecule has 0 bridgehead atoms. The number of carboxylic acid groups (broad SMARTS) is 1. The Balaban J connectivity index is 2.44. The maximum Gasteiger partial charge on any atom is 0.371 e. The summed E-state index contributed by atoms with van der Waals surface area (Å²) in [6.07, 6.45) is 0. The molecule has 1 heterocycles. The zero-order chi connectivity index (χ0) is 9.68. The van der Waals surface area contributed by atoms with Gasteiger partial charge in [-0.1, -0.05) is 0 Å². The average molecular weight is 201 g/mol. The van der Waals surface area contributed by atoms with Crippen molar-refractivity contribution < 1.29 is 14.3 Å². The third-order valence-corrected chi connectivity index (χ3v) is 2.39. The van der Waals surface area contributed by atoms with Gasteiger partial charge in [0.2, 0.25) is 5.76 Å². The Hall–Kier alpha value is -0.940. The van der Waals surface area contributed by atoms with Crippen LogP contribution in [0.1, 0.15) is 16.3 Å². The van der Waals surface area contributed by atoms with Gasteiger partial charge in [0, 0.05) is 12.3 Å². The van der Waals surface area contributed by atoms with Crippen molar-refractivity contribution in [2.45, 2.75) is 5.75 Å². The average Bonchev–Trinajstić information content (AvgIpc) is 2.53. The molecule has 5 heteroatoms. The molecule has 0 radical (unpaired) electrons. The van der Waals surface area contributed by atoms with Gasteiger partial charge in [0.1, 0.15) is 5.76 Å². The Labute approximate surface area is 80.1 Å². The summed E-state index contributed by atoms with van der Waals surface area (Å²) in [4.78, 5) is 10.4. The van der Waals surface area contributed by atoms with Crippen LogP contribution in [0.3, 0.4) is 0 Å². The van der Waals surface area contributed by atoms with Crippen LogP contribution < -0.4 is 5.73 Å². The first-order chi connectivity index (χ1) is 6.24. The van der Waals surface area contributed by atoms with E-state index in [0.29, 0.717) is 18.1 Å². The summed E-state index contributed by atoms with van der Waals surface area (Å²) in [6.45, 7) is 0.622. The summed E-state index contributed by atoms with van der Waals surface area (Å²) in [7, 11) is 0. The van der Waals surface area contributed by atoms with Crippen molar-refractivity contribution in [2.75, 3.05) is 12.3 Å². The highest BCUT2D eigenvalue weighted by Gasteiger charge is 2.08. The summed E-state index contributed by atoms with van der Waals surface area (Å²) in [6, 6.07) is 3.13. The Morgan fingerprint density at radius 2 is 2.38 bits per heavy atom. The van der Waals surface area contributed by atoms with Gasteiger partial charge in [0.15, 0.2) is 0 Å². The highest BCUT2D eigenvalue weighted by Crippen LogP contribution is 2.14. The molecule has 1 rings (SSSR count). The predicted molar refractivity (Wildman–Crippen MR) is 50.9 cm³/mol. The summed E-state index contributed by atoms with van der Waals surface area (Å²) in [5.74, 6) is 1.15. The zero-order valence-corrected chi connectivity index (χ0v) is 7.84. The number of thioether (sulfide) groups is 1. The van der Waals surface area contributed by atoms with Crippen LogP contribution in [-0.4, -0.2) is 23.4 Å². The SMILES string of the molecule is NCCSCc1ccc(C(=O)O)o1. The minimum atomic E-state index is -1.03. The van der Waals surface area contributed by atoms with Crippen LogP contribution in [0.2, 0.25) is 0 Å². The van der Waals surface area contributed by atoms with E-state index in [1.807, 2.05) is 0 Å². The lowest BCUT2D eigenvalue weighted by molar-refractivity contribution is 0.0661. The molecule has 72 valence electrons. The van der Waals surface area contributed by atoms with E-state index >= 15 is 0 Å². The molecule has 4 nitrogen and oxygen atoms in total. The fourth-order valence-corrected chi connectivity index (χ4v) is 1.49. The van der Waals surface area contributed by atoms with Crippen LogP contribution in [0.15, 0.2) is 16.5 Å². The third-order valence-electron chi connectivity index (χ3n) is 1.38. The molecule has 0 amide bonds. The number of aromatic carboxylic acids is 1. The van der Waals surface area contributed by atoms with E-state index in [4.69, 9.17) is 15.3 Å². The van der Waals surface area contributed by atoms with Crippen molar-refractivity contribution >= 4 is 17.7 Å². The first-order valence-corrected chi connectivity index (χ1v) is 4.99. The first-order valence-electron chi connectivity index (χ1n) is 3.84. The quantitative estimate of drug-likeness (QED) is 0.699. The number of hydrogen-bond donors (Lipinski definition) is 2. The van der Waals surface area contributed by atoms with Gasteiger partial charge in [-0.15, -0.1) is 0 Å². The maximum absolute atomic E-state index is 10.4. The van der Waals surface area contributed by atoms with Gasteiger partial charge in [0.25, 0.3) is 0 Å². The fraction of sp³-hybridized carbons (Fsp3) is 0.375. The Kier molecular flexibility index (Phi) is 3.85. The lowest BCUT2D eigenvalue weighted by Crippen LogP contribution is -2.01. The minimum absolute atomic E-state index is 0.0108. The summed E-state index contributed by atoms with van der Waals surface area (Å²) < 4.78 is 5.03. The maximum atomic E-state index is 10.4. The van der Waals surface area contributed by atoms with Crippen LogP contribution >= 0.6 is 11.8 Å². The molecule has 0 saturated carbocycles. The van der Waals surface area contributed by atoms with Crippen LogP contribution in [0, 0.1) is 0 Å². The topological polar surface area (TPSA) is 76.5 Å². The first kappa shape index (κ1) is 10.1. The van der Waals surface area contributed by atoms with Gasteiger partial charge < -0.3 is 15.3 Å². The van der Waals surface area contributed by atoms with Gasteiger partial charge in [0.05, 0.1) is 5.75 Å². The molecule has 3 N–H and O–H groups in total. The number of carboxylic acids is 1. The molecular weight excluding hydrogens is 190 g/mol. The molecule has 0 aromatic carbocycles. The minimum Gasteiger partial charge on any atom is -0.475 e. The van der Waals surface area contributed by atoms with Crippen LogP contribution in [0.25, 0.3) is 0 Å². The third kappa shape index (κ3) is 3.12. The van der Waals surface area contributed by atoms with E-state index in [9.17, 15) is 4.79 Å². The van der Waals surface area contributed by atoms with Crippen molar-refractivity contribution in [1.82, 2.24) is 0 Å². The predicted octanol–water partition coefficient (Wildman–Crippen LogP) is 1.17. The van der Waals surface area contributed by atoms with E-state index in [1.165, 1.54) is 6.07 Å². The molecule has 1 aromatic rings. The molecular formula is C8H11NO3S. The monoisotopic (exact) mass is 201 g/mol. The van der Waals surface area contributed by atoms with E-state index in [2.05, 4.69) is 0 Å². The van der Waals surface area contributed by atoms with Gasteiger partial charge in [-0.2, -0.15) is 11.8 Å². The summed E-state index contributed by atoms with van der Waals surface area (Å²) in [5.41, 5.74) is 5.30. The number of rotatable bonds is 5. The second-order valence-corrected chi connectivity index (χ2v) is 3.52. The molecule has 0 atom stereocenters. The van der Waals surface area contributed by atoms with Gasteiger partial charge >= 0.3 is 5.97 Å². The summed E-state index contributed by atoms with van der Waals surface area (Å²) in [5, 5.41) is 8.55. The molecule has 0 fully saturated rings. The normalized spacial score (nSPS) is 10.2. The van der Waals surface area contributed by atoms with Crippen molar-refractivity contribution in [3.05, 3.63) is 23.7 Å². The Bertz CT molecular complexity index is 285. The smallest absolute Gasteiger partial charge is 0.371 e. The van der Waals surface area contributed by atoms with Crippen molar-refractivity contribution in [3.8, 4) is 0 Å². The number of hydrogen-bond acceptors (Lipinski definition) is 4. The van der Waals surface area contributed by atoms with E-state index in [-0.39, 0.29) is 5.76 Å². The number of furan rings is 1. The lowest BCUT2D eigenvalue weighted by atomic mass is 10.4. The highest BCUT2D eigenvalue weighted by molar-refractivity contribution is 7.98. The molecule has 1 aromatic heterocycles. The molecule has 0 aliphatic carbocycles. The van der Waals surface area contributed by atoms with Crippen molar-refractivity contribution in [3.63, 3.8) is 0 Å². The van der Waals surface area contributed by atoms with Crippen LogP contribution in [-0.2, 0) is 5.75 Å². The Morgan fingerprint density at radius 3 is 2.92 bits per heavy atom. The van der Waals surface area contributed by atoms with Gasteiger partial charge in [-0.05, 0) is 12.1 Å². The molecule has 0 aliphatic rings. The van der Waals surface area contributed by atoms with E-state index in [1.54, 1.807) is 17.8 Å². The number of carbonyl (C=O) groups is 1. The second kappa shape index (κ2) is 4.94. The van der Waals surface area contributed by atoms with Crippen LogP contribution in [0.5, 0.6) is 0 Å². The van der Waals surface area contributed by atoms with E-state index < -0.39 is 5.97 Å². The van der Waals surface area contributed by atoms with E-state index in [0.717, 1.165) is 5.75 Å². The molecule has 0 unspecified atom stereocenters. The van der Waals surface area contributed by atoms with Crippen molar-refractivity contribution in [1.29, 1.82) is 0 Å². The lowest BCUT2D eigenvalue weighted by Gasteiger charge is -1.94. The second-order valence-electron chi connectivity index (χ2n) is 2.41. The zero-order valence-electron chi connectivity index (χ0n) is 7.03. The fourth-order valence-electron chi connectivity index (χ4n) is 0.827. The Morgan fingerprint density at radius 1 is 1.62 bits per heavy atom. The molecule has 0 spiro atoms. The molecule has 0 aliphatic heterocycles. The van der Waals surface area contributed by atoms with Gasteiger partial charge in [-0.25, -0.2) is 4.79 Å². The standard InChI is InChI=1S/C8H11NO3S/c9-3-4-13-5-6-1-2-7(12-6)8(10)11/h1-2H,3-5,9H2,(H,10,11). The highest BCUT2D eigenvalue weighted by atomic mass is 32.2. The van der Waals surface area contributed by atoms with Crippen molar-refractivity contribution in [2.24, 2.45) is 5.73 Å². The van der Waals surface area contributed by atoms with Crippen LogP contribution in [0.4, 0.5) is 0 Å². The van der Waals surface area contributed by atoms with Gasteiger partial charge in [-0.3, -0.25) is 0 Å². The number of nitrogens with two attached hydrogens (primary N) is 1.